The second kappa shape index (κ2) is 5.83. The minimum absolute atomic E-state index is 0.221. The molecule has 3 heteroatoms. The molecule has 0 aromatic heterocycles. The van der Waals surface area contributed by atoms with Gasteiger partial charge in [-0.3, -0.25) is 0 Å². The quantitative estimate of drug-likeness (QED) is 0.723. The molecule has 1 aliphatic carbocycles. The molecular weight excluding hydrogens is 188 g/mol. The average Bonchev–Trinajstić information content (AvgIpc) is 2.17. The second-order valence-corrected chi connectivity index (χ2v) is 5.38. The van der Waals surface area contributed by atoms with Crippen LogP contribution in [0.3, 0.4) is 0 Å². The Morgan fingerprint density at radius 1 is 1.27 bits per heavy atom. The van der Waals surface area contributed by atoms with Crippen LogP contribution in [0.25, 0.3) is 0 Å². The summed E-state index contributed by atoms with van der Waals surface area (Å²) in [7, 11) is 4.00. The number of hydrogen-bond donors (Lipinski definition) is 2. The monoisotopic (exact) mass is 214 g/mol. The number of aliphatic hydroxyl groups excluding tert-OH is 1. The second-order valence-electron chi connectivity index (χ2n) is 5.38. The molecule has 0 unspecified atom stereocenters. The maximum Gasteiger partial charge on any atom is 0.0672 e. The zero-order chi connectivity index (χ0) is 11.3. The molecule has 0 aliphatic heterocycles. The molecule has 0 heterocycles. The topological polar surface area (TPSA) is 49.5 Å². The molecule has 0 bridgehead atoms. The van der Waals surface area contributed by atoms with Crippen molar-refractivity contribution in [3.05, 3.63) is 0 Å². The van der Waals surface area contributed by atoms with Gasteiger partial charge >= 0.3 is 0 Å². The fourth-order valence-electron chi connectivity index (χ4n) is 2.78. The van der Waals surface area contributed by atoms with Crippen molar-refractivity contribution in [1.29, 1.82) is 0 Å². The van der Waals surface area contributed by atoms with Crippen LogP contribution in [0.4, 0.5) is 0 Å². The molecule has 3 nitrogen and oxygen atoms in total. The first-order chi connectivity index (χ1) is 7.08. The maximum atomic E-state index is 9.97. The van der Waals surface area contributed by atoms with Crippen molar-refractivity contribution in [1.82, 2.24) is 4.90 Å². The Bertz CT molecular complexity index is 176. The molecule has 0 aromatic carbocycles. The van der Waals surface area contributed by atoms with Crippen LogP contribution >= 0.6 is 0 Å². The molecule has 1 aliphatic rings. The van der Waals surface area contributed by atoms with Gasteiger partial charge in [-0.1, -0.05) is 19.3 Å². The van der Waals surface area contributed by atoms with Gasteiger partial charge in [-0.05, 0) is 45.3 Å². The molecule has 0 aromatic rings. The van der Waals surface area contributed by atoms with Crippen molar-refractivity contribution in [3.8, 4) is 0 Å². The minimum Gasteiger partial charge on any atom is -0.392 e. The van der Waals surface area contributed by atoms with Crippen LogP contribution in [-0.2, 0) is 0 Å². The highest BCUT2D eigenvalue weighted by Crippen LogP contribution is 2.39. The Morgan fingerprint density at radius 2 is 1.87 bits per heavy atom. The van der Waals surface area contributed by atoms with Crippen molar-refractivity contribution in [2.75, 3.05) is 27.2 Å². The SMILES string of the molecule is CN(C)C[C@H](O)CC1(CN)CCCCC1. The fraction of sp³-hybridized carbons (Fsp3) is 1.00. The fourth-order valence-corrected chi connectivity index (χ4v) is 2.78. The smallest absolute Gasteiger partial charge is 0.0672 e. The van der Waals surface area contributed by atoms with Gasteiger partial charge in [0.15, 0.2) is 0 Å². The predicted molar refractivity (Wildman–Crippen MR) is 63.8 cm³/mol. The van der Waals surface area contributed by atoms with Gasteiger partial charge in [-0.2, -0.15) is 0 Å². The zero-order valence-corrected chi connectivity index (χ0v) is 10.2. The van der Waals surface area contributed by atoms with Gasteiger partial charge in [0, 0.05) is 6.54 Å². The van der Waals surface area contributed by atoms with E-state index in [1.807, 2.05) is 19.0 Å². The summed E-state index contributed by atoms with van der Waals surface area (Å²) >= 11 is 0. The molecule has 1 atom stereocenters. The van der Waals surface area contributed by atoms with Gasteiger partial charge < -0.3 is 15.7 Å². The molecule has 1 saturated carbocycles. The zero-order valence-electron chi connectivity index (χ0n) is 10.2. The largest absolute Gasteiger partial charge is 0.392 e. The van der Waals surface area contributed by atoms with Crippen molar-refractivity contribution >= 4 is 0 Å². The van der Waals surface area contributed by atoms with Crippen LogP contribution < -0.4 is 5.73 Å². The normalized spacial score (nSPS) is 23.0. The minimum atomic E-state index is -0.221. The summed E-state index contributed by atoms with van der Waals surface area (Å²) in [5.41, 5.74) is 6.12. The summed E-state index contributed by atoms with van der Waals surface area (Å²) in [6.45, 7) is 1.49. The van der Waals surface area contributed by atoms with Gasteiger partial charge in [0.25, 0.3) is 0 Å². The van der Waals surface area contributed by atoms with E-state index in [0.29, 0.717) is 0 Å². The number of nitrogens with two attached hydrogens (primary N) is 1. The lowest BCUT2D eigenvalue weighted by Gasteiger charge is -2.38. The highest BCUT2D eigenvalue weighted by molar-refractivity contribution is 4.86. The summed E-state index contributed by atoms with van der Waals surface area (Å²) in [5, 5.41) is 9.97. The van der Waals surface area contributed by atoms with Crippen LogP contribution in [-0.4, -0.2) is 43.3 Å². The van der Waals surface area contributed by atoms with Crippen molar-refractivity contribution < 1.29 is 5.11 Å². The van der Waals surface area contributed by atoms with E-state index in [1.54, 1.807) is 0 Å². The van der Waals surface area contributed by atoms with Gasteiger partial charge in [0.1, 0.15) is 0 Å². The molecule has 0 saturated heterocycles. The van der Waals surface area contributed by atoms with Crippen LogP contribution in [0.15, 0.2) is 0 Å². The van der Waals surface area contributed by atoms with E-state index in [2.05, 4.69) is 0 Å². The van der Waals surface area contributed by atoms with Gasteiger partial charge in [0.2, 0.25) is 0 Å². The Kier molecular flexibility index (Phi) is 5.03. The first kappa shape index (κ1) is 12.9. The molecule has 15 heavy (non-hydrogen) atoms. The maximum absolute atomic E-state index is 9.97. The summed E-state index contributed by atoms with van der Waals surface area (Å²) in [4.78, 5) is 2.04. The third-order valence-electron chi connectivity index (χ3n) is 3.59. The van der Waals surface area contributed by atoms with Gasteiger partial charge in [-0.25, -0.2) is 0 Å². The number of rotatable bonds is 5. The summed E-state index contributed by atoms with van der Waals surface area (Å²) in [6, 6.07) is 0. The third kappa shape index (κ3) is 4.09. The number of likely N-dealkylation sites (N-methyl/N-ethyl adjacent to an activating group) is 1. The van der Waals surface area contributed by atoms with Crippen molar-refractivity contribution in [3.63, 3.8) is 0 Å². The van der Waals surface area contributed by atoms with E-state index in [-0.39, 0.29) is 11.5 Å². The van der Waals surface area contributed by atoms with Crippen LogP contribution in [0, 0.1) is 5.41 Å². The standard InChI is InChI=1S/C12H26N2O/c1-14(2)9-11(15)8-12(10-13)6-4-3-5-7-12/h11,15H,3-10,13H2,1-2H3/t11-/m1/s1. The molecule has 90 valence electrons. The van der Waals surface area contributed by atoms with E-state index in [1.165, 1.54) is 32.1 Å². The lowest BCUT2D eigenvalue weighted by molar-refractivity contribution is 0.0576. The van der Waals surface area contributed by atoms with Crippen LogP contribution in [0.2, 0.25) is 0 Å². The Morgan fingerprint density at radius 3 is 2.33 bits per heavy atom. The summed E-state index contributed by atoms with van der Waals surface area (Å²) in [5.74, 6) is 0. The molecule has 0 radical (unpaired) electrons. The first-order valence-corrected chi connectivity index (χ1v) is 6.11. The molecule has 1 fully saturated rings. The van der Waals surface area contributed by atoms with Gasteiger partial charge in [-0.15, -0.1) is 0 Å². The van der Waals surface area contributed by atoms with E-state index in [4.69, 9.17) is 5.73 Å². The van der Waals surface area contributed by atoms with Crippen LogP contribution in [0.5, 0.6) is 0 Å². The van der Waals surface area contributed by atoms with Gasteiger partial charge in [0.05, 0.1) is 6.10 Å². The highest BCUT2D eigenvalue weighted by Gasteiger charge is 2.32. The number of hydrogen-bond acceptors (Lipinski definition) is 3. The van der Waals surface area contributed by atoms with Crippen molar-refractivity contribution in [2.45, 2.75) is 44.6 Å². The van der Waals surface area contributed by atoms with E-state index < -0.39 is 0 Å². The summed E-state index contributed by atoms with van der Waals surface area (Å²) in [6.07, 6.45) is 6.97. The predicted octanol–water partition coefficient (Wildman–Crippen LogP) is 1.21. The lowest BCUT2D eigenvalue weighted by atomic mass is 9.70. The molecular formula is C12H26N2O. The number of aliphatic hydroxyl groups is 1. The molecule has 0 amide bonds. The Balaban J connectivity index is 2.43. The van der Waals surface area contributed by atoms with Crippen molar-refractivity contribution in [2.24, 2.45) is 11.1 Å². The highest BCUT2D eigenvalue weighted by atomic mass is 16.3. The van der Waals surface area contributed by atoms with Crippen LogP contribution in [0.1, 0.15) is 38.5 Å². The Labute approximate surface area is 93.6 Å². The van der Waals surface area contributed by atoms with E-state index in [9.17, 15) is 5.11 Å². The molecule has 3 N–H and O–H groups in total. The lowest BCUT2D eigenvalue weighted by Crippen LogP contribution is -2.39. The Hall–Kier alpha value is -0.120. The molecule has 1 rings (SSSR count). The van der Waals surface area contributed by atoms with E-state index >= 15 is 0 Å². The first-order valence-electron chi connectivity index (χ1n) is 6.11. The number of nitrogens with zero attached hydrogens (tertiary/aromatic N) is 1. The van der Waals surface area contributed by atoms with E-state index in [0.717, 1.165) is 19.5 Å². The average molecular weight is 214 g/mol. The summed E-state index contributed by atoms with van der Waals surface area (Å²) < 4.78 is 0. The molecule has 0 spiro atoms. The third-order valence-corrected chi connectivity index (χ3v) is 3.59.